The fourth-order valence-electron chi connectivity index (χ4n) is 2.05. The Morgan fingerprint density at radius 1 is 1.38 bits per heavy atom. The van der Waals surface area contributed by atoms with Gasteiger partial charge >= 0.3 is 5.97 Å². The summed E-state index contributed by atoms with van der Waals surface area (Å²) in [4.78, 5) is 12.5. The molecule has 3 rings (SSSR count). The monoisotopic (exact) mass is 360 g/mol. The quantitative estimate of drug-likeness (QED) is 0.663. The lowest BCUT2D eigenvalue weighted by Gasteiger charge is -2.01. The van der Waals surface area contributed by atoms with Crippen LogP contribution in [-0.4, -0.2) is 10.4 Å². The second kappa shape index (κ2) is 5.72. The SMILES string of the molecule is N#Cc1c(COC(=O)c2ccc(Br)s2)cn2ccccc12. The fraction of sp³-hybridized carbons (Fsp3) is 0.0667. The average molecular weight is 361 g/mol. The van der Waals surface area contributed by atoms with Gasteiger partial charge < -0.3 is 9.14 Å². The average Bonchev–Trinajstić information content (AvgIpc) is 3.07. The van der Waals surface area contributed by atoms with Crippen molar-refractivity contribution in [2.24, 2.45) is 0 Å². The Kier molecular flexibility index (Phi) is 3.78. The molecular formula is C15H9BrN2O2S. The van der Waals surface area contributed by atoms with Crippen LogP contribution in [0.2, 0.25) is 0 Å². The molecule has 0 saturated carbocycles. The lowest BCUT2D eigenvalue weighted by molar-refractivity contribution is 0.0478. The first-order valence-electron chi connectivity index (χ1n) is 6.10. The number of aromatic nitrogens is 1. The van der Waals surface area contributed by atoms with Crippen LogP contribution in [0.25, 0.3) is 5.52 Å². The van der Waals surface area contributed by atoms with Gasteiger partial charge in [0, 0.05) is 18.0 Å². The number of rotatable bonds is 3. The molecule has 0 N–H and O–H groups in total. The van der Waals surface area contributed by atoms with E-state index in [0.717, 1.165) is 9.30 Å². The maximum Gasteiger partial charge on any atom is 0.348 e. The van der Waals surface area contributed by atoms with Gasteiger partial charge in [-0.2, -0.15) is 5.26 Å². The highest BCUT2D eigenvalue weighted by Crippen LogP contribution is 2.24. The predicted octanol–water partition coefficient (Wildman–Crippen LogP) is 3.99. The highest BCUT2D eigenvalue weighted by Gasteiger charge is 2.14. The standard InChI is InChI=1S/C15H9BrN2O2S/c16-14-5-4-13(21-14)15(19)20-9-10-8-18-6-2-1-3-12(18)11(10)7-17/h1-6,8H,9H2. The van der Waals surface area contributed by atoms with Gasteiger partial charge in [-0.05, 0) is 40.2 Å². The largest absolute Gasteiger partial charge is 0.457 e. The molecule has 0 spiro atoms. The Balaban J connectivity index is 1.82. The van der Waals surface area contributed by atoms with Crippen LogP contribution in [0.15, 0.2) is 46.5 Å². The summed E-state index contributed by atoms with van der Waals surface area (Å²) in [5.74, 6) is -0.384. The minimum absolute atomic E-state index is 0.0823. The van der Waals surface area contributed by atoms with Gasteiger partial charge in [0.2, 0.25) is 0 Å². The van der Waals surface area contributed by atoms with Crippen molar-refractivity contribution in [1.29, 1.82) is 5.26 Å². The molecular weight excluding hydrogens is 352 g/mol. The van der Waals surface area contributed by atoms with Crippen LogP contribution < -0.4 is 0 Å². The third-order valence-electron chi connectivity index (χ3n) is 3.01. The third kappa shape index (κ3) is 2.71. The molecule has 0 aliphatic carbocycles. The molecule has 0 saturated heterocycles. The number of fused-ring (bicyclic) bond motifs is 1. The van der Waals surface area contributed by atoms with Crippen molar-refractivity contribution in [3.05, 3.63) is 62.5 Å². The van der Waals surface area contributed by atoms with Gasteiger partial charge in [-0.1, -0.05) is 6.07 Å². The number of hydrogen-bond donors (Lipinski definition) is 0. The lowest BCUT2D eigenvalue weighted by atomic mass is 10.2. The van der Waals surface area contributed by atoms with Gasteiger partial charge in [-0.15, -0.1) is 11.3 Å². The van der Waals surface area contributed by atoms with E-state index in [9.17, 15) is 10.1 Å². The number of esters is 1. The summed E-state index contributed by atoms with van der Waals surface area (Å²) in [5, 5.41) is 9.28. The smallest absolute Gasteiger partial charge is 0.348 e. The van der Waals surface area contributed by atoms with Crippen molar-refractivity contribution < 1.29 is 9.53 Å². The van der Waals surface area contributed by atoms with Crippen molar-refractivity contribution in [3.63, 3.8) is 0 Å². The summed E-state index contributed by atoms with van der Waals surface area (Å²) in [6.07, 6.45) is 3.67. The number of pyridine rings is 1. The number of carbonyl (C=O) groups is 1. The molecule has 0 unspecified atom stereocenters. The molecule has 0 amide bonds. The number of nitrogens with zero attached hydrogens (tertiary/aromatic N) is 2. The second-order valence-corrected chi connectivity index (χ2v) is 6.78. The predicted molar refractivity (Wildman–Crippen MR) is 83.3 cm³/mol. The molecule has 0 aliphatic rings. The Hall–Kier alpha value is -2.10. The van der Waals surface area contributed by atoms with Crippen LogP contribution in [-0.2, 0) is 11.3 Å². The van der Waals surface area contributed by atoms with Crippen LogP contribution in [0.5, 0.6) is 0 Å². The molecule has 0 fully saturated rings. The third-order valence-corrected chi connectivity index (χ3v) is 4.61. The summed E-state index contributed by atoms with van der Waals surface area (Å²) >= 11 is 4.62. The van der Waals surface area contributed by atoms with Gasteiger partial charge in [-0.25, -0.2) is 4.79 Å². The Morgan fingerprint density at radius 3 is 2.95 bits per heavy atom. The molecule has 0 aliphatic heterocycles. The zero-order valence-electron chi connectivity index (χ0n) is 10.7. The fourth-order valence-corrected chi connectivity index (χ4v) is 3.33. The molecule has 0 radical (unpaired) electrons. The zero-order chi connectivity index (χ0) is 14.8. The van der Waals surface area contributed by atoms with E-state index >= 15 is 0 Å². The summed E-state index contributed by atoms with van der Waals surface area (Å²) < 4.78 is 8.01. The van der Waals surface area contributed by atoms with Gasteiger partial charge in [0.25, 0.3) is 0 Å². The molecule has 0 aromatic carbocycles. The van der Waals surface area contributed by atoms with Crippen molar-refractivity contribution in [2.45, 2.75) is 6.61 Å². The van der Waals surface area contributed by atoms with E-state index in [1.165, 1.54) is 11.3 Å². The normalized spacial score (nSPS) is 10.5. The maximum atomic E-state index is 11.9. The Morgan fingerprint density at radius 2 is 2.24 bits per heavy atom. The summed E-state index contributed by atoms with van der Waals surface area (Å²) in [6, 6.07) is 11.3. The Labute approximate surface area is 133 Å². The number of thiophene rings is 1. The number of halogens is 1. The minimum Gasteiger partial charge on any atom is -0.457 e. The molecule has 21 heavy (non-hydrogen) atoms. The molecule has 0 bridgehead atoms. The lowest BCUT2D eigenvalue weighted by Crippen LogP contribution is -2.03. The summed E-state index contributed by atoms with van der Waals surface area (Å²) in [6.45, 7) is 0.0823. The number of nitriles is 1. The van der Waals surface area contributed by atoms with E-state index in [4.69, 9.17) is 4.74 Å². The number of ether oxygens (including phenoxy) is 1. The topological polar surface area (TPSA) is 54.5 Å². The van der Waals surface area contributed by atoms with Crippen molar-refractivity contribution in [2.75, 3.05) is 0 Å². The highest BCUT2D eigenvalue weighted by atomic mass is 79.9. The van der Waals surface area contributed by atoms with Gasteiger partial charge in [0.15, 0.2) is 0 Å². The zero-order valence-corrected chi connectivity index (χ0v) is 13.1. The van der Waals surface area contributed by atoms with Crippen molar-refractivity contribution in [3.8, 4) is 6.07 Å². The molecule has 6 heteroatoms. The van der Waals surface area contributed by atoms with E-state index in [-0.39, 0.29) is 12.6 Å². The first-order valence-corrected chi connectivity index (χ1v) is 7.71. The first-order chi connectivity index (χ1) is 10.2. The van der Waals surface area contributed by atoms with E-state index in [0.29, 0.717) is 16.0 Å². The molecule has 3 aromatic heterocycles. The summed E-state index contributed by atoms with van der Waals surface area (Å²) in [5.41, 5.74) is 2.05. The van der Waals surface area contributed by atoms with Crippen LogP contribution in [0.1, 0.15) is 20.8 Å². The van der Waals surface area contributed by atoms with Crippen LogP contribution >= 0.6 is 27.3 Å². The summed E-state index contributed by atoms with van der Waals surface area (Å²) in [7, 11) is 0. The molecule has 104 valence electrons. The molecule has 3 aromatic rings. The molecule has 4 nitrogen and oxygen atoms in total. The van der Waals surface area contributed by atoms with Crippen molar-refractivity contribution in [1.82, 2.24) is 4.40 Å². The molecule has 3 heterocycles. The Bertz CT molecular complexity index is 860. The highest BCUT2D eigenvalue weighted by molar-refractivity contribution is 9.11. The number of carbonyl (C=O) groups excluding carboxylic acids is 1. The van der Waals surface area contributed by atoms with Gasteiger partial charge in [0.05, 0.1) is 14.9 Å². The number of hydrogen-bond acceptors (Lipinski definition) is 4. The van der Waals surface area contributed by atoms with Gasteiger partial charge in [0.1, 0.15) is 17.6 Å². The van der Waals surface area contributed by atoms with Crippen LogP contribution in [0.3, 0.4) is 0 Å². The minimum atomic E-state index is -0.384. The van der Waals surface area contributed by atoms with E-state index in [1.807, 2.05) is 35.0 Å². The van der Waals surface area contributed by atoms with E-state index < -0.39 is 0 Å². The first kappa shape index (κ1) is 13.9. The maximum absolute atomic E-state index is 11.9. The van der Waals surface area contributed by atoms with Crippen LogP contribution in [0.4, 0.5) is 0 Å². The second-order valence-electron chi connectivity index (χ2n) is 4.31. The van der Waals surface area contributed by atoms with Crippen molar-refractivity contribution >= 4 is 38.8 Å². The van der Waals surface area contributed by atoms with Gasteiger partial charge in [-0.3, -0.25) is 0 Å². The van der Waals surface area contributed by atoms with E-state index in [2.05, 4.69) is 22.0 Å². The van der Waals surface area contributed by atoms with E-state index in [1.54, 1.807) is 12.1 Å². The molecule has 0 atom stereocenters. The van der Waals surface area contributed by atoms with Crippen LogP contribution in [0, 0.1) is 11.3 Å².